The van der Waals surface area contributed by atoms with Crippen molar-refractivity contribution in [2.75, 3.05) is 6.54 Å². The summed E-state index contributed by atoms with van der Waals surface area (Å²) in [5.41, 5.74) is 5.91. The number of carboxylic acids is 1. The molecule has 1 aromatic carbocycles. The van der Waals surface area contributed by atoms with Gasteiger partial charge in [-0.15, -0.1) is 0 Å². The molecule has 1 rings (SSSR count). The van der Waals surface area contributed by atoms with E-state index in [1.807, 2.05) is 6.92 Å². The van der Waals surface area contributed by atoms with Gasteiger partial charge in [-0.2, -0.15) is 0 Å². The predicted octanol–water partition coefficient (Wildman–Crippen LogP) is 1.96. The Morgan fingerprint density at radius 3 is 2.55 bits per heavy atom. The van der Waals surface area contributed by atoms with E-state index in [0.717, 1.165) is 6.42 Å². The van der Waals surface area contributed by atoms with Crippen LogP contribution in [0.5, 0.6) is 0 Å². The molecule has 0 saturated heterocycles. The standard InChI is InChI=1S/C14H19ClN2O3/c1-2-5-9(8-16)13(18)17-12(14(19)20)10-6-3-4-7-11(10)15/h3-4,6-7,9,12H,2,5,8,16H2,1H3,(H,17,18)(H,19,20)/t9?,12-/m1/s1. The first-order chi connectivity index (χ1) is 9.51. The molecule has 0 aliphatic heterocycles. The molecule has 0 bridgehead atoms. The molecule has 0 fully saturated rings. The largest absolute Gasteiger partial charge is 0.479 e. The molecule has 20 heavy (non-hydrogen) atoms. The van der Waals surface area contributed by atoms with Crippen molar-refractivity contribution in [3.05, 3.63) is 34.9 Å². The van der Waals surface area contributed by atoms with E-state index >= 15 is 0 Å². The van der Waals surface area contributed by atoms with E-state index in [9.17, 15) is 14.7 Å². The summed E-state index contributed by atoms with van der Waals surface area (Å²) in [5.74, 6) is -1.90. The number of carbonyl (C=O) groups is 2. The molecule has 110 valence electrons. The number of hydrogen-bond donors (Lipinski definition) is 3. The van der Waals surface area contributed by atoms with Crippen molar-refractivity contribution in [1.82, 2.24) is 5.32 Å². The van der Waals surface area contributed by atoms with Crippen LogP contribution in [0.15, 0.2) is 24.3 Å². The van der Waals surface area contributed by atoms with Crippen molar-refractivity contribution in [1.29, 1.82) is 0 Å². The van der Waals surface area contributed by atoms with E-state index in [1.165, 1.54) is 0 Å². The highest BCUT2D eigenvalue weighted by Gasteiger charge is 2.26. The van der Waals surface area contributed by atoms with Gasteiger partial charge in [0.05, 0.1) is 5.92 Å². The highest BCUT2D eigenvalue weighted by atomic mass is 35.5. The van der Waals surface area contributed by atoms with Gasteiger partial charge in [-0.25, -0.2) is 4.79 Å². The zero-order chi connectivity index (χ0) is 15.1. The van der Waals surface area contributed by atoms with Gasteiger partial charge in [-0.1, -0.05) is 43.1 Å². The summed E-state index contributed by atoms with van der Waals surface area (Å²) >= 11 is 5.98. The van der Waals surface area contributed by atoms with Crippen LogP contribution in [0.25, 0.3) is 0 Å². The van der Waals surface area contributed by atoms with E-state index in [2.05, 4.69) is 5.32 Å². The Bertz CT molecular complexity index is 479. The average molecular weight is 299 g/mol. The van der Waals surface area contributed by atoms with E-state index in [-0.39, 0.29) is 18.4 Å². The summed E-state index contributed by atoms with van der Waals surface area (Å²) < 4.78 is 0. The highest BCUT2D eigenvalue weighted by Crippen LogP contribution is 2.23. The number of halogens is 1. The number of carboxylic acid groups (broad SMARTS) is 1. The maximum atomic E-state index is 12.1. The van der Waals surface area contributed by atoms with Crippen molar-refractivity contribution in [3.63, 3.8) is 0 Å². The number of hydrogen-bond acceptors (Lipinski definition) is 3. The van der Waals surface area contributed by atoms with Crippen molar-refractivity contribution in [3.8, 4) is 0 Å². The van der Waals surface area contributed by atoms with Gasteiger partial charge in [0.25, 0.3) is 0 Å². The lowest BCUT2D eigenvalue weighted by molar-refractivity contribution is -0.142. The molecular weight excluding hydrogens is 280 g/mol. The average Bonchev–Trinajstić information content (AvgIpc) is 2.42. The van der Waals surface area contributed by atoms with Crippen molar-refractivity contribution in [2.45, 2.75) is 25.8 Å². The Morgan fingerprint density at radius 1 is 1.40 bits per heavy atom. The summed E-state index contributed by atoms with van der Waals surface area (Å²) in [6, 6.07) is 5.38. The van der Waals surface area contributed by atoms with Crippen LogP contribution >= 0.6 is 11.6 Å². The van der Waals surface area contributed by atoms with Gasteiger partial charge in [0, 0.05) is 17.1 Å². The zero-order valence-corrected chi connectivity index (χ0v) is 12.1. The second kappa shape index (κ2) is 7.87. The van der Waals surface area contributed by atoms with Crippen molar-refractivity contribution >= 4 is 23.5 Å². The summed E-state index contributed by atoms with van der Waals surface area (Å²) in [5, 5.41) is 12.1. The first-order valence-corrected chi connectivity index (χ1v) is 6.86. The molecule has 2 atom stereocenters. The number of benzene rings is 1. The molecule has 0 heterocycles. The third-order valence-electron chi connectivity index (χ3n) is 3.04. The molecule has 1 aromatic rings. The lowest BCUT2D eigenvalue weighted by atomic mass is 10.0. The first-order valence-electron chi connectivity index (χ1n) is 6.48. The van der Waals surface area contributed by atoms with Crippen LogP contribution in [-0.2, 0) is 9.59 Å². The lowest BCUT2D eigenvalue weighted by Gasteiger charge is -2.20. The number of nitrogens with two attached hydrogens (primary N) is 1. The highest BCUT2D eigenvalue weighted by molar-refractivity contribution is 6.31. The van der Waals surface area contributed by atoms with E-state index in [4.69, 9.17) is 17.3 Å². The number of carbonyl (C=O) groups excluding carboxylic acids is 1. The Hall–Kier alpha value is -1.59. The molecule has 0 aliphatic rings. The summed E-state index contributed by atoms with van der Waals surface area (Å²) in [6.45, 7) is 2.13. The summed E-state index contributed by atoms with van der Waals surface area (Å²) in [4.78, 5) is 23.4. The van der Waals surface area contributed by atoms with Crippen LogP contribution in [0.3, 0.4) is 0 Å². The van der Waals surface area contributed by atoms with Gasteiger partial charge in [0.2, 0.25) is 5.91 Å². The van der Waals surface area contributed by atoms with E-state index in [1.54, 1.807) is 24.3 Å². The van der Waals surface area contributed by atoms with Crippen molar-refractivity contribution < 1.29 is 14.7 Å². The van der Waals surface area contributed by atoms with Gasteiger partial charge in [-0.05, 0) is 12.5 Å². The monoisotopic (exact) mass is 298 g/mol. The third-order valence-corrected chi connectivity index (χ3v) is 3.39. The number of amides is 1. The van der Waals surface area contributed by atoms with Gasteiger partial charge >= 0.3 is 5.97 Å². The summed E-state index contributed by atoms with van der Waals surface area (Å²) in [7, 11) is 0. The van der Waals surface area contributed by atoms with Crippen LogP contribution in [0.1, 0.15) is 31.4 Å². The normalized spacial score (nSPS) is 13.6. The number of rotatable bonds is 7. The fourth-order valence-corrected chi connectivity index (χ4v) is 2.19. The van der Waals surface area contributed by atoms with Crippen LogP contribution in [0.4, 0.5) is 0 Å². The molecule has 6 heteroatoms. The SMILES string of the molecule is CCCC(CN)C(=O)N[C@@H](C(=O)O)c1ccccc1Cl. The topological polar surface area (TPSA) is 92.4 Å². The van der Waals surface area contributed by atoms with E-state index in [0.29, 0.717) is 17.0 Å². The van der Waals surface area contributed by atoms with Gasteiger partial charge in [0.1, 0.15) is 0 Å². The smallest absolute Gasteiger partial charge is 0.330 e. The molecule has 0 aromatic heterocycles. The Morgan fingerprint density at radius 2 is 2.05 bits per heavy atom. The minimum absolute atomic E-state index is 0.189. The van der Waals surface area contributed by atoms with Crippen LogP contribution in [0, 0.1) is 5.92 Å². The van der Waals surface area contributed by atoms with E-state index < -0.39 is 12.0 Å². The molecule has 0 spiro atoms. The molecule has 1 unspecified atom stereocenters. The maximum absolute atomic E-state index is 12.1. The molecule has 1 amide bonds. The minimum atomic E-state index is -1.16. The molecule has 0 aliphatic carbocycles. The Labute approximate surface area is 123 Å². The molecule has 0 saturated carbocycles. The van der Waals surface area contributed by atoms with Crippen LogP contribution in [0.2, 0.25) is 5.02 Å². The second-order valence-electron chi connectivity index (χ2n) is 4.52. The quantitative estimate of drug-likeness (QED) is 0.717. The number of nitrogens with one attached hydrogen (secondary N) is 1. The van der Waals surface area contributed by atoms with Gasteiger partial charge in [0.15, 0.2) is 6.04 Å². The van der Waals surface area contributed by atoms with Gasteiger partial charge < -0.3 is 16.2 Å². The van der Waals surface area contributed by atoms with Crippen LogP contribution < -0.4 is 11.1 Å². The third kappa shape index (κ3) is 4.21. The molecular formula is C14H19ClN2O3. The van der Waals surface area contributed by atoms with Crippen LogP contribution in [-0.4, -0.2) is 23.5 Å². The second-order valence-corrected chi connectivity index (χ2v) is 4.93. The maximum Gasteiger partial charge on any atom is 0.330 e. The predicted molar refractivity (Wildman–Crippen MR) is 77.4 cm³/mol. The molecule has 0 radical (unpaired) electrons. The Balaban J connectivity index is 2.91. The fraction of sp³-hybridized carbons (Fsp3) is 0.429. The van der Waals surface area contributed by atoms with Crippen molar-refractivity contribution in [2.24, 2.45) is 11.7 Å². The molecule has 5 nitrogen and oxygen atoms in total. The van der Waals surface area contributed by atoms with Gasteiger partial charge in [-0.3, -0.25) is 4.79 Å². The minimum Gasteiger partial charge on any atom is -0.479 e. The summed E-state index contributed by atoms with van der Waals surface area (Å²) in [6.07, 6.45) is 1.43. The lowest BCUT2D eigenvalue weighted by Crippen LogP contribution is -2.40. The zero-order valence-electron chi connectivity index (χ0n) is 11.3. The molecule has 4 N–H and O–H groups in total. The number of aliphatic carboxylic acids is 1. The fourth-order valence-electron chi connectivity index (χ4n) is 1.95. The Kier molecular flexibility index (Phi) is 6.48. The first kappa shape index (κ1) is 16.5.